The predicted octanol–water partition coefficient (Wildman–Crippen LogP) is 1.99. The zero-order chi connectivity index (χ0) is 15.4. The number of amides is 1. The normalized spacial score (nSPS) is 26.8. The molecule has 1 aromatic heterocycles. The highest BCUT2D eigenvalue weighted by molar-refractivity contribution is 7.09. The average molecular weight is 323 g/mol. The van der Waals surface area contributed by atoms with Crippen LogP contribution in [0.2, 0.25) is 0 Å². The van der Waals surface area contributed by atoms with Crippen molar-refractivity contribution in [3.05, 3.63) is 16.6 Å². The lowest BCUT2D eigenvalue weighted by molar-refractivity contribution is -0.140. The number of hydrogen-bond acceptors (Lipinski definition) is 5. The lowest BCUT2D eigenvalue weighted by Gasteiger charge is -2.48. The molecule has 0 saturated carbocycles. The summed E-state index contributed by atoms with van der Waals surface area (Å²) >= 11 is 1.73. The Labute approximate surface area is 136 Å². The topological polar surface area (TPSA) is 45.7 Å². The Hall–Kier alpha value is -0.980. The molecule has 1 aromatic rings. The van der Waals surface area contributed by atoms with Gasteiger partial charge >= 0.3 is 0 Å². The summed E-state index contributed by atoms with van der Waals surface area (Å²) in [6.45, 7) is 5.43. The zero-order valence-electron chi connectivity index (χ0n) is 13.3. The molecular formula is C16H25N3O2S. The highest BCUT2D eigenvalue weighted by Crippen LogP contribution is 2.39. The van der Waals surface area contributed by atoms with E-state index in [1.807, 2.05) is 16.5 Å². The molecule has 122 valence electrons. The molecule has 22 heavy (non-hydrogen) atoms. The SMILES string of the molecule is COCCN1CC2(CCCN(Cc3nccs3)C2)CCC1=O. The molecule has 0 radical (unpaired) electrons. The van der Waals surface area contributed by atoms with Crippen LogP contribution >= 0.6 is 11.3 Å². The lowest BCUT2D eigenvalue weighted by Crippen LogP contribution is -2.54. The largest absolute Gasteiger partial charge is 0.383 e. The molecule has 2 aliphatic rings. The molecule has 2 fully saturated rings. The van der Waals surface area contributed by atoms with E-state index in [9.17, 15) is 4.79 Å². The number of ether oxygens (including phenoxy) is 1. The Bertz CT molecular complexity index is 494. The second-order valence-corrected chi connectivity index (χ2v) is 7.53. The average Bonchev–Trinajstić information content (AvgIpc) is 3.02. The van der Waals surface area contributed by atoms with Crippen molar-refractivity contribution in [1.29, 1.82) is 0 Å². The minimum Gasteiger partial charge on any atom is -0.383 e. The highest BCUT2D eigenvalue weighted by Gasteiger charge is 2.41. The monoisotopic (exact) mass is 323 g/mol. The third-order valence-electron chi connectivity index (χ3n) is 4.90. The summed E-state index contributed by atoms with van der Waals surface area (Å²) in [6, 6.07) is 0. The van der Waals surface area contributed by atoms with Crippen molar-refractivity contribution in [2.24, 2.45) is 5.41 Å². The molecule has 2 saturated heterocycles. The van der Waals surface area contributed by atoms with Crippen molar-refractivity contribution in [2.75, 3.05) is 39.9 Å². The number of methoxy groups -OCH3 is 1. The minimum atomic E-state index is 0.275. The first-order chi connectivity index (χ1) is 10.7. The molecule has 1 spiro atoms. The van der Waals surface area contributed by atoms with Crippen molar-refractivity contribution >= 4 is 17.2 Å². The van der Waals surface area contributed by atoms with Gasteiger partial charge in [-0.2, -0.15) is 0 Å². The van der Waals surface area contributed by atoms with Crippen LogP contribution in [0.5, 0.6) is 0 Å². The fourth-order valence-electron chi connectivity index (χ4n) is 3.81. The Morgan fingerprint density at radius 3 is 3.09 bits per heavy atom. The summed E-state index contributed by atoms with van der Waals surface area (Å²) < 4.78 is 5.15. The molecule has 0 N–H and O–H groups in total. The van der Waals surface area contributed by atoms with E-state index in [4.69, 9.17) is 4.74 Å². The summed E-state index contributed by atoms with van der Waals surface area (Å²) in [7, 11) is 1.70. The van der Waals surface area contributed by atoms with E-state index < -0.39 is 0 Å². The van der Waals surface area contributed by atoms with E-state index in [0.717, 1.165) is 39.1 Å². The molecule has 0 aliphatic carbocycles. The molecule has 5 nitrogen and oxygen atoms in total. The number of piperidine rings is 2. The molecule has 6 heteroatoms. The van der Waals surface area contributed by atoms with Crippen LogP contribution in [0.3, 0.4) is 0 Å². The Kier molecular flexibility index (Phi) is 5.10. The number of carbonyl (C=O) groups is 1. The Morgan fingerprint density at radius 2 is 2.32 bits per heavy atom. The summed E-state index contributed by atoms with van der Waals surface area (Å²) in [6.07, 6.45) is 6.06. The van der Waals surface area contributed by atoms with Gasteiger partial charge in [0.05, 0.1) is 13.2 Å². The molecule has 3 heterocycles. The number of nitrogens with zero attached hydrogens (tertiary/aromatic N) is 3. The third-order valence-corrected chi connectivity index (χ3v) is 5.66. The quantitative estimate of drug-likeness (QED) is 0.831. The highest BCUT2D eigenvalue weighted by atomic mass is 32.1. The number of likely N-dealkylation sites (tertiary alicyclic amines) is 2. The van der Waals surface area contributed by atoms with Crippen LogP contribution in [0.15, 0.2) is 11.6 Å². The fraction of sp³-hybridized carbons (Fsp3) is 0.750. The number of carbonyl (C=O) groups excluding carboxylic acids is 1. The molecule has 0 aromatic carbocycles. The maximum atomic E-state index is 12.1. The summed E-state index contributed by atoms with van der Waals surface area (Å²) in [5.41, 5.74) is 0.275. The first-order valence-electron chi connectivity index (χ1n) is 8.08. The van der Waals surface area contributed by atoms with Crippen molar-refractivity contribution in [3.63, 3.8) is 0 Å². The first kappa shape index (κ1) is 15.9. The van der Waals surface area contributed by atoms with Gasteiger partial charge in [-0.05, 0) is 25.8 Å². The van der Waals surface area contributed by atoms with Gasteiger partial charge < -0.3 is 9.64 Å². The Balaban J connectivity index is 1.62. The lowest BCUT2D eigenvalue weighted by atomic mass is 9.73. The number of rotatable bonds is 5. The van der Waals surface area contributed by atoms with E-state index in [0.29, 0.717) is 18.9 Å². The van der Waals surface area contributed by atoms with Gasteiger partial charge in [0.25, 0.3) is 0 Å². The van der Waals surface area contributed by atoms with E-state index in [1.165, 1.54) is 17.8 Å². The van der Waals surface area contributed by atoms with Gasteiger partial charge in [0.15, 0.2) is 0 Å². The maximum Gasteiger partial charge on any atom is 0.222 e. The van der Waals surface area contributed by atoms with E-state index in [-0.39, 0.29) is 5.41 Å². The second kappa shape index (κ2) is 7.06. The van der Waals surface area contributed by atoms with Gasteiger partial charge in [0.1, 0.15) is 5.01 Å². The number of hydrogen-bond donors (Lipinski definition) is 0. The van der Waals surface area contributed by atoms with E-state index in [1.54, 1.807) is 18.4 Å². The van der Waals surface area contributed by atoms with Crippen molar-refractivity contribution in [3.8, 4) is 0 Å². The Morgan fingerprint density at radius 1 is 1.41 bits per heavy atom. The number of aromatic nitrogens is 1. The molecular weight excluding hydrogens is 298 g/mol. The van der Waals surface area contributed by atoms with Gasteiger partial charge in [-0.25, -0.2) is 4.98 Å². The first-order valence-corrected chi connectivity index (χ1v) is 8.96. The molecule has 1 unspecified atom stereocenters. The van der Waals surface area contributed by atoms with Crippen LogP contribution in [0.25, 0.3) is 0 Å². The van der Waals surface area contributed by atoms with Crippen LogP contribution in [0.1, 0.15) is 30.7 Å². The summed E-state index contributed by atoms with van der Waals surface area (Å²) in [5, 5.41) is 3.24. The molecule has 0 bridgehead atoms. The van der Waals surface area contributed by atoms with Gasteiger partial charge in [0.2, 0.25) is 5.91 Å². The minimum absolute atomic E-state index is 0.275. The van der Waals surface area contributed by atoms with Crippen molar-refractivity contribution < 1.29 is 9.53 Å². The molecule has 1 amide bonds. The summed E-state index contributed by atoms with van der Waals surface area (Å²) in [5.74, 6) is 0.291. The van der Waals surface area contributed by atoms with Crippen molar-refractivity contribution in [1.82, 2.24) is 14.8 Å². The van der Waals surface area contributed by atoms with E-state index in [2.05, 4.69) is 9.88 Å². The van der Waals surface area contributed by atoms with Gasteiger partial charge in [-0.15, -0.1) is 11.3 Å². The van der Waals surface area contributed by atoms with Crippen molar-refractivity contribution in [2.45, 2.75) is 32.2 Å². The van der Waals surface area contributed by atoms with Crippen LogP contribution in [0.4, 0.5) is 0 Å². The molecule has 3 rings (SSSR count). The fourth-order valence-corrected chi connectivity index (χ4v) is 4.47. The van der Waals surface area contributed by atoms with Gasteiger partial charge in [-0.1, -0.05) is 0 Å². The van der Waals surface area contributed by atoms with E-state index >= 15 is 0 Å². The van der Waals surface area contributed by atoms with Crippen LogP contribution in [0, 0.1) is 5.41 Å². The summed E-state index contributed by atoms with van der Waals surface area (Å²) in [4.78, 5) is 21.1. The van der Waals surface area contributed by atoms with Gasteiger partial charge in [0, 0.05) is 50.2 Å². The van der Waals surface area contributed by atoms with Gasteiger partial charge in [-0.3, -0.25) is 9.69 Å². The molecule has 2 aliphatic heterocycles. The van der Waals surface area contributed by atoms with Crippen LogP contribution in [-0.4, -0.2) is 60.6 Å². The molecule has 1 atom stereocenters. The number of thiazole rings is 1. The third kappa shape index (κ3) is 3.67. The predicted molar refractivity (Wildman–Crippen MR) is 86.7 cm³/mol. The zero-order valence-corrected chi connectivity index (χ0v) is 14.1. The smallest absolute Gasteiger partial charge is 0.222 e. The standard InChI is InChI=1S/C16H25N3O2S/c1-21-9-8-19-13-16(5-3-15(19)20)4-2-7-18(12-16)11-14-17-6-10-22-14/h6,10H,2-5,7-9,11-13H2,1H3. The van der Waals surface area contributed by atoms with Crippen LogP contribution < -0.4 is 0 Å². The second-order valence-electron chi connectivity index (χ2n) is 6.55. The van der Waals surface area contributed by atoms with Crippen LogP contribution in [-0.2, 0) is 16.1 Å². The maximum absolute atomic E-state index is 12.1.